The second kappa shape index (κ2) is 6.27. The third-order valence-corrected chi connectivity index (χ3v) is 3.11. The zero-order valence-electron chi connectivity index (χ0n) is 11.4. The minimum atomic E-state index is -1.41. The molecular weight excluding hydrogens is 244 g/mol. The maximum atomic E-state index is 12.1. The number of Topliss-reactive ketones (excluding diaryl/α,β-unsaturated/α-hetero) is 2. The molecule has 0 aliphatic carbocycles. The van der Waals surface area contributed by atoms with Crippen molar-refractivity contribution in [1.82, 2.24) is 0 Å². The van der Waals surface area contributed by atoms with Crippen LogP contribution in [-0.2, 0) is 14.3 Å². The van der Waals surface area contributed by atoms with Gasteiger partial charge < -0.3 is 4.74 Å². The highest BCUT2D eigenvalue weighted by Gasteiger charge is 2.41. The Morgan fingerprint density at radius 3 is 2.21 bits per heavy atom. The molecular formula is C15H18O4. The van der Waals surface area contributed by atoms with Gasteiger partial charge in [-0.05, 0) is 20.8 Å². The molecule has 4 nitrogen and oxygen atoms in total. The van der Waals surface area contributed by atoms with E-state index in [1.165, 1.54) is 13.8 Å². The number of rotatable bonds is 6. The van der Waals surface area contributed by atoms with Crippen LogP contribution in [0.5, 0.6) is 0 Å². The van der Waals surface area contributed by atoms with E-state index >= 15 is 0 Å². The fourth-order valence-corrected chi connectivity index (χ4v) is 1.68. The van der Waals surface area contributed by atoms with E-state index in [0.717, 1.165) is 0 Å². The summed E-state index contributed by atoms with van der Waals surface area (Å²) in [6.45, 7) is 4.60. The van der Waals surface area contributed by atoms with Gasteiger partial charge in [0.1, 0.15) is 11.2 Å². The Kier molecular flexibility index (Phi) is 4.98. The van der Waals surface area contributed by atoms with Crippen molar-refractivity contribution in [3.05, 3.63) is 35.9 Å². The number of carbonyl (C=O) groups excluding carboxylic acids is 3. The number of hydrogen-bond acceptors (Lipinski definition) is 4. The molecule has 0 bridgehead atoms. The molecule has 0 aliphatic heterocycles. The number of benzene rings is 1. The predicted octanol–water partition coefficient (Wildman–Crippen LogP) is 2.42. The Bertz CT molecular complexity index is 478. The number of ether oxygens (including phenoxy) is 1. The second-order valence-electron chi connectivity index (χ2n) is 4.57. The van der Waals surface area contributed by atoms with Crippen LogP contribution >= 0.6 is 0 Å². The highest BCUT2D eigenvalue weighted by molar-refractivity contribution is 6.08. The van der Waals surface area contributed by atoms with Crippen molar-refractivity contribution in [2.24, 2.45) is 5.41 Å². The molecule has 0 heterocycles. The maximum Gasteiger partial charge on any atom is 0.319 e. The van der Waals surface area contributed by atoms with Gasteiger partial charge >= 0.3 is 5.97 Å². The van der Waals surface area contributed by atoms with E-state index in [0.29, 0.717) is 5.56 Å². The summed E-state index contributed by atoms with van der Waals surface area (Å²) in [6.07, 6.45) is -0.175. The first-order chi connectivity index (χ1) is 8.91. The van der Waals surface area contributed by atoms with Gasteiger partial charge in [-0.25, -0.2) is 0 Å². The van der Waals surface area contributed by atoms with E-state index < -0.39 is 11.4 Å². The van der Waals surface area contributed by atoms with Crippen LogP contribution in [0.3, 0.4) is 0 Å². The van der Waals surface area contributed by atoms with Gasteiger partial charge in [-0.15, -0.1) is 0 Å². The number of ketones is 2. The van der Waals surface area contributed by atoms with E-state index in [4.69, 9.17) is 4.74 Å². The van der Waals surface area contributed by atoms with Gasteiger partial charge in [0, 0.05) is 12.0 Å². The molecule has 1 rings (SSSR count). The van der Waals surface area contributed by atoms with Crippen LogP contribution in [0.15, 0.2) is 30.3 Å². The van der Waals surface area contributed by atoms with Crippen LogP contribution in [-0.4, -0.2) is 24.1 Å². The summed E-state index contributed by atoms with van der Waals surface area (Å²) in [6, 6.07) is 8.60. The monoisotopic (exact) mass is 262 g/mol. The Labute approximate surface area is 112 Å². The quantitative estimate of drug-likeness (QED) is 0.449. The summed E-state index contributed by atoms with van der Waals surface area (Å²) < 4.78 is 4.89. The third kappa shape index (κ3) is 3.50. The SMILES string of the molecule is CCOC(=O)[C@](C)(CC(=O)c1ccccc1)C(C)=O. The molecule has 1 atom stereocenters. The van der Waals surface area contributed by atoms with Gasteiger partial charge in [-0.1, -0.05) is 30.3 Å². The zero-order chi connectivity index (χ0) is 14.5. The largest absolute Gasteiger partial charge is 0.465 e. The van der Waals surface area contributed by atoms with Crippen LogP contribution in [0.1, 0.15) is 37.6 Å². The average molecular weight is 262 g/mol. The maximum absolute atomic E-state index is 12.1. The minimum absolute atomic E-state index is 0.175. The van der Waals surface area contributed by atoms with E-state index in [2.05, 4.69) is 0 Å². The van der Waals surface area contributed by atoms with Crippen LogP contribution in [0, 0.1) is 5.41 Å². The lowest BCUT2D eigenvalue weighted by Crippen LogP contribution is -2.38. The highest BCUT2D eigenvalue weighted by Crippen LogP contribution is 2.27. The first-order valence-corrected chi connectivity index (χ1v) is 6.18. The standard InChI is InChI=1S/C15H18O4/c1-4-19-14(18)15(3,11(2)16)10-13(17)12-8-6-5-7-9-12/h5-9H,4,10H2,1-3H3/t15-/m1/s1. The molecule has 1 aromatic rings. The molecule has 0 spiro atoms. The van der Waals surface area contributed by atoms with Crippen molar-refractivity contribution < 1.29 is 19.1 Å². The van der Waals surface area contributed by atoms with Gasteiger partial charge in [-0.2, -0.15) is 0 Å². The van der Waals surface area contributed by atoms with Gasteiger partial charge in [0.15, 0.2) is 5.78 Å². The van der Waals surface area contributed by atoms with E-state index in [1.54, 1.807) is 37.3 Å². The van der Waals surface area contributed by atoms with Gasteiger partial charge in [0.25, 0.3) is 0 Å². The normalized spacial score (nSPS) is 13.4. The molecule has 0 N–H and O–H groups in total. The van der Waals surface area contributed by atoms with Gasteiger partial charge in [0.05, 0.1) is 6.61 Å². The second-order valence-corrected chi connectivity index (χ2v) is 4.57. The highest BCUT2D eigenvalue weighted by atomic mass is 16.5. The van der Waals surface area contributed by atoms with Crippen molar-refractivity contribution in [3.63, 3.8) is 0 Å². The van der Waals surface area contributed by atoms with E-state index in [-0.39, 0.29) is 24.6 Å². The number of carbonyl (C=O) groups is 3. The summed E-state index contributed by atoms with van der Waals surface area (Å²) in [7, 11) is 0. The van der Waals surface area contributed by atoms with Crippen LogP contribution in [0.25, 0.3) is 0 Å². The molecule has 0 fully saturated rings. The van der Waals surface area contributed by atoms with Crippen molar-refractivity contribution in [3.8, 4) is 0 Å². The smallest absolute Gasteiger partial charge is 0.319 e. The molecule has 0 amide bonds. The molecule has 19 heavy (non-hydrogen) atoms. The Morgan fingerprint density at radius 1 is 1.16 bits per heavy atom. The van der Waals surface area contributed by atoms with Crippen molar-refractivity contribution in [2.75, 3.05) is 6.61 Å². The molecule has 0 saturated carbocycles. The van der Waals surface area contributed by atoms with Crippen molar-refractivity contribution in [1.29, 1.82) is 0 Å². The Morgan fingerprint density at radius 2 is 1.74 bits per heavy atom. The molecule has 1 aromatic carbocycles. The molecule has 0 aromatic heterocycles. The van der Waals surface area contributed by atoms with Crippen molar-refractivity contribution in [2.45, 2.75) is 27.2 Å². The summed E-state index contributed by atoms with van der Waals surface area (Å²) in [5, 5.41) is 0. The molecule has 0 radical (unpaired) electrons. The lowest BCUT2D eigenvalue weighted by atomic mass is 9.80. The molecule has 0 aliphatic rings. The fraction of sp³-hybridized carbons (Fsp3) is 0.400. The number of esters is 1. The van der Waals surface area contributed by atoms with Crippen LogP contribution in [0.2, 0.25) is 0 Å². The summed E-state index contributed by atoms with van der Waals surface area (Å²) >= 11 is 0. The molecule has 4 heteroatoms. The topological polar surface area (TPSA) is 60.4 Å². The lowest BCUT2D eigenvalue weighted by Gasteiger charge is -2.23. The molecule has 102 valence electrons. The van der Waals surface area contributed by atoms with E-state index in [1.807, 2.05) is 0 Å². The molecule has 0 unspecified atom stereocenters. The Balaban J connectivity index is 2.94. The fourth-order valence-electron chi connectivity index (χ4n) is 1.68. The van der Waals surface area contributed by atoms with Crippen LogP contribution < -0.4 is 0 Å². The van der Waals surface area contributed by atoms with Crippen LogP contribution in [0.4, 0.5) is 0 Å². The lowest BCUT2D eigenvalue weighted by molar-refractivity contribution is -0.158. The third-order valence-electron chi connectivity index (χ3n) is 3.11. The first-order valence-electron chi connectivity index (χ1n) is 6.18. The molecule has 0 saturated heterocycles. The predicted molar refractivity (Wildman–Crippen MR) is 70.8 cm³/mol. The zero-order valence-corrected chi connectivity index (χ0v) is 11.4. The van der Waals surface area contributed by atoms with Gasteiger partial charge in [0.2, 0.25) is 0 Å². The summed E-state index contributed by atoms with van der Waals surface area (Å²) in [5.41, 5.74) is -0.928. The van der Waals surface area contributed by atoms with E-state index in [9.17, 15) is 14.4 Å². The minimum Gasteiger partial charge on any atom is -0.465 e. The Hall–Kier alpha value is -1.97. The van der Waals surface area contributed by atoms with Crippen molar-refractivity contribution >= 4 is 17.5 Å². The first kappa shape index (κ1) is 15.1. The summed E-state index contributed by atoms with van der Waals surface area (Å²) in [4.78, 5) is 35.7. The summed E-state index contributed by atoms with van der Waals surface area (Å²) in [5.74, 6) is -1.26. The number of hydrogen-bond donors (Lipinski definition) is 0. The average Bonchev–Trinajstić information content (AvgIpc) is 2.39. The van der Waals surface area contributed by atoms with Gasteiger partial charge in [-0.3, -0.25) is 14.4 Å².